The molecule has 0 aromatic heterocycles. The van der Waals surface area contributed by atoms with Gasteiger partial charge in [-0.1, -0.05) is 51.2 Å². The summed E-state index contributed by atoms with van der Waals surface area (Å²) in [6.45, 7) is 12.5. The van der Waals surface area contributed by atoms with Gasteiger partial charge >= 0.3 is 8.80 Å². The predicted octanol–water partition coefficient (Wildman–Crippen LogP) is 3.73. The highest BCUT2D eigenvalue weighted by molar-refractivity contribution is 6.66. The minimum Gasteiger partial charge on any atom is -0.421 e. The van der Waals surface area contributed by atoms with Crippen molar-refractivity contribution in [1.29, 1.82) is 0 Å². The Balaban J connectivity index is 2.40. The average Bonchev–Trinajstić information content (AvgIpc) is 2.92. The average molecular weight is 650 g/mol. The minimum atomic E-state index is -2.83. The lowest BCUT2D eigenvalue weighted by Crippen LogP contribution is -2.51. The highest BCUT2D eigenvalue weighted by Gasteiger charge is 2.42. The summed E-state index contributed by atoms with van der Waals surface area (Å²) in [5.41, 5.74) is 1.88. The summed E-state index contributed by atoms with van der Waals surface area (Å²) in [6.07, 6.45) is 9.67. The number of hydrogen-bond donors (Lipinski definition) is 0. The molecule has 1 aliphatic rings. The summed E-state index contributed by atoms with van der Waals surface area (Å²) in [6, 6.07) is 0. The first-order chi connectivity index (χ1) is 18.4. The van der Waals surface area contributed by atoms with E-state index in [-0.39, 0.29) is 23.3 Å². The van der Waals surface area contributed by atoms with E-state index in [0.29, 0.717) is 69.8 Å². The molecule has 1 saturated heterocycles. The molecule has 4 atom stereocenters. The van der Waals surface area contributed by atoms with Gasteiger partial charge in [0.1, 0.15) is 0 Å². The largest absolute Gasteiger partial charge is 0.529 e. The van der Waals surface area contributed by atoms with Crippen LogP contribution in [0.1, 0.15) is 27.7 Å². The van der Waals surface area contributed by atoms with Crippen molar-refractivity contribution < 1.29 is 31.6 Å². The Hall–Kier alpha value is 0.461. The van der Waals surface area contributed by atoms with Gasteiger partial charge in [0, 0.05) is 75.0 Å². The molecule has 0 aliphatic carbocycles. The third kappa shape index (κ3) is 17.3. The summed E-state index contributed by atoms with van der Waals surface area (Å²) < 4.78 is 42.1. The number of allylic oxidation sites excluding steroid dienone is 3. The Morgan fingerprint density at radius 2 is 1.34 bits per heavy atom. The standard InChI is InChI=1S/C25H47Cl3O7Si3/c1-5-29-24(9-6-11-26)36-31-16-21(2)15-30-25(10-7-12-27)37-32-17-22(3)18-33-38(14-8-13-28)34-19-23(4)20-35-38/h6-10,14,21-25H,5,11-13,15-20,36-37H2,1-4H3/b9-6+,10-7+,14-8+. The fourth-order valence-electron chi connectivity index (χ4n) is 3.38. The maximum Gasteiger partial charge on any atom is 0.529 e. The van der Waals surface area contributed by atoms with E-state index in [4.69, 9.17) is 66.4 Å². The van der Waals surface area contributed by atoms with Crippen LogP contribution in [0.15, 0.2) is 36.1 Å². The number of rotatable bonds is 22. The molecule has 0 radical (unpaired) electrons. The first-order valence-corrected chi connectivity index (χ1v) is 19.6. The molecule has 0 saturated carbocycles. The maximum atomic E-state index is 6.17. The van der Waals surface area contributed by atoms with Gasteiger partial charge in [0.25, 0.3) is 0 Å². The first-order valence-electron chi connectivity index (χ1n) is 13.4. The van der Waals surface area contributed by atoms with Crippen molar-refractivity contribution in [2.75, 3.05) is 63.9 Å². The van der Waals surface area contributed by atoms with Gasteiger partial charge in [-0.15, -0.1) is 34.8 Å². The summed E-state index contributed by atoms with van der Waals surface area (Å²) in [5, 5.41) is 0. The van der Waals surface area contributed by atoms with E-state index in [0.717, 1.165) is 0 Å². The van der Waals surface area contributed by atoms with Crippen LogP contribution in [0.5, 0.6) is 0 Å². The highest BCUT2D eigenvalue weighted by atomic mass is 35.5. The van der Waals surface area contributed by atoms with Gasteiger partial charge in [-0.05, 0) is 12.6 Å². The van der Waals surface area contributed by atoms with Crippen molar-refractivity contribution in [2.45, 2.75) is 39.1 Å². The molecule has 1 rings (SSSR count). The molecule has 0 N–H and O–H groups in total. The first kappa shape index (κ1) is 36.5. The van der Waals surface area contributed by atoms with Crippen molar-refractivity contribution in [2.24, 2.45) is 17.8 Å². The number of alkyl halides is 3. The maximum absolute atomic E-state index is 6.17. The summed E-state index contributed by atoms with van der Waals surface area (Å²) >= 11 is 17.4. The van der Waals surface area contributed by atoms with Crippen LogP contribution in [0.2, 0.25) is 0 Å². The van der Waals surface area contributed by atoms with Crippen molar-refractivity contribution in [3.05, 3.63) is 36.1 Å². The lowest BCUT2D eigenvalue weighted by molar-refractivity contribution is -0.00313. The lowest BCUT2D eigenvalue weighted by atomic mass is 10.2. The molecule has 4 unspecified atom stereocenters. The second kappa shape index (κ2) is 23.1. The Morgan fingerprint density at radius 3 is 1.87 bits per heavy atom. The van der Waals surface area contributed by atoms with Crippen molar-refractivity contribution in [3.63, 3.8) is 0 Å². The van der Waals surface area contributed by atoms with E-state index in [2.05, 4.69) is 20.8 Å². The molecule has 0 aromatic rings. The van der Waals surface area contributed by atoms with Gasteiger partial charge in [0.2, 0.25) is 0 Å². The molecule has 1 heterocycles. The number of halogens is 3. The fraction of sp³-hybridized carbons (Fsp3) is 0.760. The number of hydrogen-bond acceptors (Lipinski definition) is 7. The van der Waals surface area contributed by atoms with Crippen LogP contribution < -0.4 is 0 Å². The second-order valence-electron chi connectivity index (χ2n) is 9.51. The van der Waals surface area contributed by atoms with Crippen LogP contribution in [0.3, 0.4) is 0 Å². The third-order valence-electron chi connectivity index (χ3n) is 5.34. The van der Waals surface area contributed by atoms with Gasteiger partial charge < -0.3 is 31.6 Å². The summed E-state index contributed by atoms with van der Waals surface area (Å²) in [7, 11) is -4.67. The van der Waals surface area contributed by atoms with Crippen LogP contribution in [-0.4, -0.2) is 104 Å². The van der Waals surface area contributed by atoms with Crippen molar-refractivity contribution >= 4 is 63.1 Å². The summed E-state index contributed by atoms with van der Waals surface area (Å²) in [4.78, 5) is 0. The molecule has 222 valence electrons. The topological polar surface area (TPSA) is 64.6 Å². The SMILES string of the molecule is CCOC(/C=C/CCl)[SiH2]OCC(C)COC(/C=C/CCl)[SiH2]OCC(C)CO[Si]1(/C=C/CCl)OCC(C)CO1. The molecule has 1 fully saturated rings. The third-order valence-corrected chi connectivity index (χ3v) is 10.8. The van der Waals surface area contributed by atoms with Gasteiger partial charge in [0.15, 0.2) is 19.5 Å². The Kier molecular flexibility index (Phi) is 22.2. The molecule has 1 aliphatic heterocycles. The normalized spacial score (nSPS) is 24.6. The smallest absolute Gasteiger partial charge is 0.421 e. The van der Waals surface area contributed by atoms with Crippen LogP contribution in [0.4, 0.5) is 0 Å². The molecule has 0 spiro atoms. The molecule has 0 aromatic carbocycles. The highest BCUT2D eigenvalue weighted by Crippen LogP contribution is 2.21. The van der Waals surface area contributed by atoms with Gasteiger partial charge in [-0.2, -0.15) is 0 Å². The summed E-state index contributed by atoms with van der Waals surface area (Å²) in [5.74, 6) is 2.12. The Labute approximate surface area is 250 Å². The molecule has 0 bridgehead atoms. The van der Waals surface area contributed by atoms with Crippen molar-refractivity contribution in [3.8, 4) is 0 Å². The molecule has 0 amide bonds. The van der Waals surface area contributed by atoms with Gasteiger partial charge in [-0.3, -0.25) is 0 Å². The van der Waals surface area contributed by atoms with Crippen molar-refractivity contribution in [1.82, 2.24) is 0 Å². The van der Waals surface area contributed by atoms with Crippen LogP contribution in [0.25, 0.3) is 0 Å². The Morgan fingerprint density at radius 1 is 0.816 bits per heavy atom. The van der Waals surface area contributed by atoms with E-state index in [1.54, 1.807) is 0 Å². The molecular weight excluding hydrogens is 603 g/mol. The molecular formula is C25H47Cl3O7Si3. The fourth-order valence-corrected chi connectivity index (χ4v) is 9.03. The predicted molar refractivity (Wildman–Crippen MR) is 165 cm³/mol. The zero-order chi connectivity index (χ0) is 28.1. The van der Waals surface area contributed by atoms with Gasteiger partial charge in [0.05, 0.1) is 18.1 Å². The van der Waals surface area contributed by atoms with E-state index in [1.807, 2.05) is 43.0 Å². The van der Waals surface area contributed by atoms with Crippen LogP contribution in [-0.2, 0) is 31.6 Å². The molecule has 7 nitrogen and oxygen atoms in total. The second-order valence-corrected chi connectivity index (χ2v) is 15.9. The van der Waals surface area contributed by atoms with Crippen LogP contribution >= 0.6 is 34.8 Å². The Bertz CT molecular complexity index is 668. The number of ether oxygens (including phenoxy) is 2. The monoisotopic (exact) mass is 648 g/mol. The molecule has 38 heavy (non-hydrogen) atoms. The van der Waals surface area contributed by atoms with E-state index < -0.39 is 28.3 Å². The van der Waals surface area contributed by atoms with Gasteiger partial charge in [-0.25, -0.2) is 0 Å². The zero-order valence-electron chi connectivity index (χ0n) is 23.3. The zero-order valence-corrected chi connectivity index (χ0v) is 29.4. The quantitative estimate of drug-likeness (QED) is 0.101. The van der Waals surface area contributed by atoms with E-state index in [9.17, 15) is 0 Å². The van der Waals surface area contributed by atoms with Crippen LogP contribution in [0, 0.1) is 17.8 Å². The van der Waals surface area contributed by atoms with E-state index >= 15 is 0 Å². The van der Waals surface area contributed by atoms with E-state index in [1.165, 1.54) is 0 Å². The molecule has 13 heteroatoms. The minimum absolute atomic E-state index is 0.0479. The lowest BCUT2D eigenvalue weighted by Gasteiger charge is -2.34.